The molecule has 0 atom stereocenters. The number of nitrogens with one attached hydrogen (secondary N) is 1. The minimum atomic E-state index is -0.235. The van der Waals surface area contributed by atoms with E-state index >= 15 is 0 Å². The molecular weight excluding hydrogens is 294 g/mol. The third-order valence-electron chi connectivity index (χ3n) is 3.72. The van der Waals surface area contributed by atoms with Crippen molar-refractivity contribution < 1.29 is 14.3 Å². The van der Waals surface area contributed by atoms with E-state index in [4.69, 9.17) is 9.47 Å². The standard InChI is InChI=1S/C17H25N3O3/c1-3-23-17(18-10-13-20-11-4-5-12-20)19-16(21)14-6-8-15(22-2)9-7-14/h6-9H,3-5,10-13H2,1-2H3,(H,18,19,21). The van der Waals surface area contributed by atoms with Crippen molar-refractivity contribution in [1.82, 2.24) is 10.2 Å². The molecule has 0 radical (unpaired) electrons. The lowest BCUT2D eigenvalue weighted by atomic mass is 10.2. The van der Waals surface area contributed by atoms with Crippen molar-refractivity contribution in [3.8, 4) is 5.75 Å². The highest BCUT2D eigenvalue weighted by Crippen LogP contribution is 2.11. The van der Waals surface area contributed by atoms with Gasteiger partial charge in [-0.25, -0.2) is 4.99 Å². The van der Waals surface area contributed by atoms with E-state index in [0.29, 0.717) is 24.5 Å². The van der Waals surface area contributed by atoms with E-state index < -0.39 is 0 Å². The van der Waals surface area contributed by atoms with Crippen molar-refractivity contribution in [2.45, 2.75) is 19.8 Å². The number of carbonyl (C=O) groups excluding carboxylic acids is 1. The molecule has 23 heavy (non-hydrogen) atoms. The summed E-state index contributed by atoms with van der Waals surface area (Å²) in [6, 6.07) is 7.20. The van der Waals surface area contributed by atoms with Crippen LogP contribution in [0.4, 0.5) is 0 Å². The second-order valence-corrected chi connectivity index (χ2v) is 5.35. The fraction of sp³-hybridized carbons (Fsp3) is 0.529. The second-order valence-electron chi connectivity index (χ2n) is 5.35. The Morgan fingerprint density at radius 3 is 2.57 bits per heavy atom. The van der Waals surface area contributed by atoms with Gasteiger partial charge in [0.05, 0.1) is 20.3 Å². The number of carbonyl (C=O) groups is 1. The Kier molecular flexibility index (Phi) is 6.87. The molecule has 6 nitrogen and oxygen atoms in total. The van der Waals surface area contributed by atoms with E-state index in [1.807, 2.05) is 6.92 Å². The zero-order valence-corrected chi connectivity index (χ0v) is 13.9. The zero-order valence-electron chi connectivity index (χ0n) is 13.9. The van der Waals surface area contributed by atoms with Gasteiger partial charge in [0, 0.05) is 12.1 Å². The molecule has 1 amide bonds. The highest BCUT2D eigenvalue weighted by molar-refractivity contribution is 6.04. The second kappa shape index (κ2) is 9.15. The third-order valence-corrected chi connectivity index (χ3v) is 3.72. The van der Waals surface area contributed by atoms with Crippen molar-refractivity contribution >= 4 is 11.9 Å². The van der Waals surface area contributed by atoms with Gasteiger partial charge < -0.3 is 14.4 Å². The number of rotatable bonds is 6. The fourth-order valence-corrected chi connectivity index (χ4v) is 2.47. The molecule has 0 saturated carbocycles. The number of likely N-dealkylation sites (tertiary alicyclic amines) is 1. The molecule has 1 heterocycles. The fourth-order valence-electron chi connectivity index (χ4n) is 2.47. The molecule has 0 bridgehead atoms. The quantitative estimate of drug-likeness (QED) is 0.643. The van der Waals surface area contributed by atoms with Gasteiger partial charge >= 0.3 is 0 Å². The maximum atomic E-state index is 12.2. The highest BCUT2D eigenvalue weighted by Gasteiger charge is 2.12. The first-order valence-corrected chi connectivity index (χ1v) is 8.08. The number of amidine groups is 1. The number of amides is 1. The van der Waals surface area contributed by atoms with Gasteiger partial charge in [0.1, 0.15) is 5.75 Å². The van der Waals surface area contributed by atoms with Crippen LogP contribution in [0.5, 0.6) is 5.75 Å². The van der Waals surface area contributed by atoms with Crippen LogP contribution in [0, 0.1) is 0 Å². The Morgan fingerprint density at radius 1 is 1.26 bits per heavy atom. The lowest BCUT2D eigenvalue weighted by Gasteiger charge is -2.13. The molecule has 1 aliphatic rings. The first-order chi connectivity index (χ1) is 11.2. The van der Waals surface area contributed by atoms with Crippen LogP contribution < -0.4 is 10.1 Å². The van der Waals surface area contributed by atoms with E-state index in [-0.39, 0.29) is 11.9 Å². The van der Waals surface area contributed by atoms with Crippen LogP contribution in [-0.4, -0.2) is 56.7 Å². The molecule has 1 fully saturated rings. The predicted molar refractivity (Wildman–Crippen MR) is 90.1 cm³/mol. The Labute approximate surface area is 137 Å². The van der Waals surface area contributed by atoms with Crippen molar-refractivity contribution in [3.63, 3.8) is 0 Å². The number of hydrogen-bond donors (Lipinski definition) is 1. The summed E-state index contributed by atoms with van der Waals surface area (Å²) in [6.07, 6.45) is 2.52. The van der Waals surface area contributed by atoms with Crippen LogP contribution in [0.15, 0.2) is 29.3 Å². The molecule has 1 saturated heterocycles. The van der Waals surface area contributed by atoms with E-state index in [2.05, 4.69) is 15.2 Å². The Morgan fingerprint density at radius 2 is 1.96 bits per heavy atom. The van der Waals surface area contributed by atoms with E-state index in [9.17, 15) is 4.79 Å². The molecule has 0 aromatic heterocycles. The zero-order chi connectivity index (χ0) is 16.5. The number of methoxy groups -OCH3 is 1. The molecule has 0 unspecified atom stereocenters. The predicted octanol–water partition coefficient (Wildman–Crippen LogP) is 1.91. The summed E-state index contributed by atoms with van der Waals surface area (Å²) in [4.78, 5) is 19.0. The number of ether oxygens (including phenoxy) is 2. The van der Waals surface area contributed by atoms with Crippen LogP contribution in [0.3, 0.4) is 0 Å². The minimum absolute atomic E-state index is 0.235. The molecule has 126 valence electrons. The lowest BCUT2D eigenvalue weighted by Crippen LogP contribution is -2.33. The van der Waals surface area contributed by atoms with E-state index in [1.165, 1.54) is 12.8 Å². The smallest absolute Gasteiger partial charge is 0.291 e. The van der Waals surface area contributed by atoms with Crippen LogP contribution >= 0.6 is 0 Å². The largest absolute Gasteiger partial charge is 0.497 e. The van der Waals surface area contributed by atoms with Crippen LogP contribution in [0.2, 0.25) is 0 Å². The third kappa shape index (κ3) is 5.56. The molecule has 0 spiro atoms. The number of aliphatic imine (C=N–C) groups is 1. The summed E-state index contributed by atoms with van der Waals surface area (Å²) in [7, 11) is 1.59. The first-order valence-electron chi connectivity index (χ1n) is 8.08. The summed E-state index contributed by atoms with van der Waals surface area (Å²) < 4.78 is 10.5. The first kappa shape index (κ1) is 17.3. The normalized spacial score (nSPS) is 15.5. The molecule has 1 aliphatic heterocycles. The Bertz CT molecular complexity index is 522. The van der Waals surface area contributed by atoms with Crippen LogP contribution in [-0.2, 0) is 4.74 Å². The Hall–Kier alpha value is -2.08. The number of nitrogens with zero attached hydrogens (tertiary/aromatic N) is 2. The summed E-state index contributed by atoms with van der Waals surface area (Å²) in [5.74, 6) is 0.479. The monoisotopic (exact) mass is 319 g/mol. The van der Waals surface area contributed by atoms with Crippen molar-refractivity contribution in [3.05, 3.63) is 29.8 Å². The minimum Gasteiger partial charge on any atom is -0.497 e. The molecule has 0 aliphatic carbocycles. The van der Waals surface area contributed by atoms with Gasteiger partial charge in [-0.15, -0.1) is 0 Å². The highest BCUT2D eigenvalue weighted by atomic mass is 16.5. The maximum absolute atomic E-state index is 12.2. The van der Waals surface area contributed by atoms with Crippen LogP contribution in [0.25, 0.3) is 0 Å². The lowest BCUT2D eigenvalue weighted by molar-refractivity contribution is 0.0966. The summed E-state index contributed by atoms with van der Waals surface area (Å²) >= 11 is 0. The average molecular weight is 319 g/mol. The molecule has 2 rings (SSSR count). The summed E-state index contributed by atoms with van der Waals surface area (Å²) in [6.45, 7) is 6.13. The van der Waals surface area contributed by atoms with Crippen molar-refractivity contribution in [2.24, 2.45) is 4.99 Å². The number of hydrogen-bond acceptors (Lipinski definition) is 5. The average Bonchev–Trinajstić information content (AvgIpc) is 3.08. The van der Waals surface area contributed by atoms with E-state index in [0.717, 1.165) is 19.6 Å². The van der Waals surface area contributed by atoms with Gasteiger partial charge in [0.15, 0.2) is 0 Å². The molecule has 1 aromatic rings. The van der Waals surface area contributed by atoms with Crippen LogP contribution in [0.1, 0.15) is 30.1 Å². The number of benzene rings is 1. The maximum Gasteiger partial charge on any atom is 0.291 e. The SMILES string of the molecule is CCOC(=NCCN1CCCC1)NC(=O)c1ccc(OC)cc1. The summed E-state index contributed by atoms with van der Waals surface area (Å²) in [5.41, 5.74) is 0.540. The topological polar surface area (TPSA) is 63.2 Å². The molecule has 6 heteroatoms. The van der Waals surface area contributed by atoms with Gasteiger partial charge in [-0.1, -0.05) is 0 Å². The Balaban J connectivity index is 1.89. The van der Waals surface area contributed by atoms with Gasteiger partial charge in [-0.2, -0.15) is 0 Å². The van der Waals surface area contributed by atoms with Crippen molar-refractivity contribution in [2.75, 3.05) is 39.9 Å². The van der Waals surface area contributed by atoms with Gasteiger partial charge in [-0.3, -0.25) is 10.1 Å². The molecule has 1 N–H and O–H groups in total. The van der Waals surface area contributed by atoms with Gasteiger partial charge in [0.2, 0.25) is 0 Å². The van der Waals surface area contributed by atoms with Gasteiger partial charge in [-0.05, 0) is 57.1 Å². The summed E-state index contributed by atoms with van der Waals surface area (Å²) in [5, 5.41) is 2.73. The van der Waals surface area contributed by atoms with Gasteiger partial charge in [0.25, 0.3) is 11.9 Å². The molecule has 1 aromatic carbocycles. The molecular formula is C17H25N3O3. The van der Waals surface area contributed by atoms with Crippen molar-refractivity contribution in [1.29, 1.82) is 0 Å². The van der Waals surface area contributed by atoms with E-state index in [1.54, 1.807) is 31.4 Å².